The molecule has 0 unspecified atom stereocenters. The minimum Gasteiger partial charge on any atom is -0.378 e. The van der Waals surface area contributed by atoms with Gasteiger partial charge in [-0.2, -0.15) is 0 Å². The van der Waals surface area contributed by atoms with Crippen LogP contribution in [0.4, 0.5) is 17.3 Å². The molecule has 12 heteroatoms. The van der Waals surface area contributed by atoms with Crippen molar-refractivity contribution >= 4 is 46.4 Å². The van der Waals surface area contributed by atoms with Crippen LogP contribution >= 0.6 is 23.2 Å². The number of carbonyl (C=O) groups excluding carboxylic acids is 1. The van der Waals surface area contributed by atoms with Crippen LogP contribution in [0.5, 0.6) is 0 Å². The molecule has 0 bridgehead atoms. The molecule has 3 heterocycles. The van der Waals surface area contributed by atoms with Crippen molar-refractivity contribution in [3.05, 3.63) is 68.4 Å². The van der Waals surface area contributed by atoms with Gasteiger partial charge >= 0.3 is 5.69 Å². The van der Waals surface area contributed by atoms with Crippen LogP contribution in [0.25, 0.3) is 11.1 Å². The minimum absolute atomic E-state index is 0.140. The Labute approximate surface area is 231 Å². The second-order valence-corrected chi connectivity index (χ2v) is 10.0. The van der Waals surface area contributed by atoms with E-state index in [9.17, 15) is 14.9 Å². The van der Waals surface area contributed by atoms with Gasteiger partial charge in [0.15, 0.2) is 0 Å². The summed E-state index contributed by atoms with van der Waals surface area (Å²) in [7, 11) is 0. The van der Waals surface area contributed by atoms with Crippen molar-refractivity contribution in [1.29, 1.82) is 0 Å². The molecule has 10 nitrogen and oxygen atoms in total. The number of piperidine rings is 1. The lowest BCUT2D eigenvalue weighted by atomic mass is 10.1. The number of hydrogen-bond acceptors (Lipinski definition) is 7. The van der Waals surface area contributed by atoms with Crippen molar-refractivity contribution in [2.24, 2.45) is 0 Å². The van der Waals surface area contributed by atoms with E-state index in [1.165, 1.54) is 31.4 Å². The number of likely N-dealkylation sites (tertiary alicyclic amines) is 1. The molecule has 4 rings (SSSR count). The maximum atomic E-state index is 13.4. The van der Waals surface area contributed by atoms with E-state index in [4.69, 9.17) is 28.9 Å². The highest BCUT2D eigenvalue weighted by atomic mass is 35.5. The number of rotatable bonds is 11. The number of aromatic nitrogens is 2. The van der Waals surface area contributed by atoms with Crippen molar-refractivity contribution in [2.75, 3.05) is 43.8 Å². The van der Waals surface area contributed by atoms with Crippen molar-refractivity contribution < 1.29 is 9.72 Å². The van der Waals surface area contributed by atoms with Crippen LogP contribution in [-0.2, 0) is 6.54 Å². The number of halogens is 2. The molecule has 3 aromatic rings. The number of aryl methyl sites for hydroxylation is 1. The van der Waals surface area contributed by atoms with Crippen LogP contribution in [0.15, 0.2) is 42.6 Å². The molecule has 1 aromatic carbocycles. The zero-order chi connectivity index (χ0) is 27.1. The molecule has 0 radical (unpaired) electrons. The lowest BCUT2D eigenvalue weighted by Crippen LogP contribution is -2.38. The molecule has 0 spiro atoms. The van der Waals surface area contributed by atoms with Gasteiger partial charge in [-0.1, -0.05) is 35.7 Å². The molecule has 202 valence electrons. The molecular weight excluding hydrogens is 529 g/mol. The summed E-state index contributed by atoms with van der Waals surface area (Å²) in [5, 5.41) is 18.1. The first-order valence-electron chi connectivity index (χ1n) is 12.6. The zero-order valence-corrected chi connectivity index (χ0v) is 22.5. The molecule has 1 aliphatic heterocycles. The smallest absolute Gasteiger partial charge is 0.311 e. The van der Waals surface area contributed by atoms with Crippen molar-refractivity contribution in [3.63, 3.8) is 0 Å². The van der Waals surface area contributed by atoms with Gasteiger partial charge < -0.3 is 25.8 Å². The Balaban J connectivity index is 1.44. The van der Waals surface area contributed by atoms with Crippen molar-refractivity contribution in [3.8, 4) is 11.1 Å². The first-order chi connectivity index (χ1) is 18.3. The van der Waals surface area contributed by atoms with Gasteiger partial charge in [-0.25, -0.2) is 4.98 Å². The topological polar surface area (TPSA) is 131 Å². The number of nitrogens with two attached hydrogens (primary N) is 1. The van der Waals surface area contributed by atoms with Crippen molar-refractivity contribution in [2.45, 2.75) is 32.2 Å². The number of anilines is 2. The van der Waals surface area contributed by atoms with E-state index < -0.39 is 4.92 Å². The highest BCUT2D eigenvalue weighted by Crippen LogP contribution is 2.33. The molecule has 38 heavy (non-hydrogen) atoms. The SMILES string of the molecule is Nc1nc(NCCCn2ccc(-c3ccc(Cl)cc3Cl)c2C(=O)NCCN2CCCCC2)ccc1[N+](=O)[O-]. The number of nitrogen functional groups attached to an aromatic ring is 1. The monoisotopic (exact) mass is 559 g/mol. The summed E-state index contributed by atoms with van der Waals surface area (Å²) in [5.41, 5.74) is 7.45. The molecule has 2 aromatic heterocycles. The molecule has 1 aliphatic rings. The van der Waals surface area contributed by atoms with Gasteiger partial charge in [0.25, 0.3) is 5.91 Å². The van der Waals surface area contributed by atoms with E-state index in [-0.39, 0.29) is 17.4 Å². The fourth-order valence-corrected chi connectivity index (χ4v) is 5.13. The highest BCUT2D eigenvalue weighted by molar-refractivity contribution is 6.36. The van der Waals surface area contributed by atoms with Gasteiger partial charge in [0.05, 0.1) is 4.92 Å². The Hall–Kier alpha value is -3.34. The van der Waals surface area contributed by atoms with Gasteiger partial charge in [0.1, 0.15) is 11.5 Å². The number of carbonyl (C=O) groups is 1. The van der Waals surface area contributed by atoms with Gasteiger partial charge in [-0.05, 0) is 56.6 Å². The molecule has 0 atom stereocenters. The molecule has 0 aliphatic carbocycles. The molecule has 1 fully saturated rings. The average molecular weight is 560 g/mol. The van der Waals surface area contributed by atoms with Crippen molar-refractivity contribution in [1.82, 2.24) is 19.8 Å². The first kappa shape index (κ1) is 27.7. The lowest BCUT2D eigenvalue weighted by Gasteiger charge is -2.26. The van der Waals surface area contributed by atoms with Gasteiger partial charge in [-0.15, -0.1) is 0 Å². The van der Waals surface area contributed by atoms with E-state index in [2.05, 4.69) is 20.5 Å². The van der Waals surface area contributed by atoms with Gasteiger partial charge in [-0.3, -0.25) is 14.9 Å². The molecule has 1 amide bonds. The summed E-state index contributed by atoms with van der Waals surface area (Å²) in [6.45, 7) is 4.59. The minimum atomic E-state index is -0.568. The van der Waals surface area contributed by atoms with Crippen LogP contribution in [-0.4, -0.2) is 58.0 Å². The maximum absolute atomic E-state index is 13.4. The Bertz CT molecular complexity index is 1290. The Morgan fingerprint density at radius 3 is 2.55 bits per heavy atom. The average Bonchev–Trinajstić information content (AvgIpc) is 3.30. The maximum Gasteiger partial charge on any atom is 0.311 e. The van der Waals surface area contributed by atoms with E-state index in [1.807, 2.05) is 22.9 Å². The highest BCUT2D eigenvalue weighted by Gasteiger charge is 2.21. The second-order valence-electron chi connectivity index (χ2n) is 9.19. The first-order valence-corrected chi connectivity index (χ1v) is 13.4. The standard InChI is InChI=1S/C26H31Cl2N7O3/c27-18-5-6-19(21(28)17-18)20-9-15-34(24(20)26(36)31-11-16-33-12-2-1-3-13-33)14-4-10-30-23-8-7-22(35(37)38)25(29)32-23/h5-9,15,17H,1-4,10-14,16H2,(H,31,36)(H3,29,30,32). The third-order valence-corrected chi connectivity index (χ3v) is 7.09. The van der Waals surface area contributed by atoms with E-state index in [0.29, 0.717) is 47.6 Å². The summed E-state index contributed by atoms with van der Waals surface area (Å²) in [5.74, 6) is 0.147. The second kappa shape index (κ2) is 12.9. The van der Waals surface area contributed by atoms with Crippen LogP contribution in [0, 0.1) is 10.1 Å². The predicted octanol–water partition coefficient (Wildman–Crippen LogP) is 5.07. The number of nitro groups is 1. The largest absolute Gasteiger partial charge is 0.378 e. The molecule has 1 saturated heterocycles. The van der Waals surface area contributed by atoms with Crippen LogP contribution in [0.1, 0.15) is 36.2 Å². The summed E-state index contributed by atoms with van der Waals surface area (Å²) in [6.07, 6.45) is 6.21. The molecule has 0 saturated carbocycles. The summed E-state index contributed by atoms with van der Waals surface area (Å²) >= 11 is 12.6. The molecule has 4 N–H and O–H groups in total. The lowest BCUT2D eigenvalue weighted by molar-refractivity contribution is -0.384. The fourth-order valence-electron chi connectivity index (χ4n) is 4.62. The normalized spacial score (nSPS) is 13.8. The van der Waals surface area contributed by atoms with Crippen LogP contribution in [0.2, 0.25) is 10.0 Å². The number of benzene rings is 1. The Morgan fingerprint density at radius 2 is 1.84 bits per heavy atom. The van der Waals surface area contributed by atoms with E-state index in [1.54, 1.807) is 12.1 Å². The number of nitrogens with one attached hydrogen (secondary N) is 2. The number of hydrogen-bond donors (Lipinski definition) is 3. The van der Waals surface area contributed by atoms with E-state index >= 15 is 0 Å². The third kappa shape index (κ3) is 6.94. The van der Waals surface area contributed by atoms with E-state index in [0.717, 1.165) is 30.8 Å². The fraction of sp³-hybridized carbons (Fsp3) is 0.385. The number of pyridine rings is 1. The van der Waals surface area contributed by atoms with Crippen LogP contribution in [0.3, 0.4) is 0 Å². The summed E-state index contributed by atoms with van der Waals surface area (Å²) < 4.78 is 1.91. The third-order valence-electron chi connectivity index (χ3n) is 6.54. The zero-order valence-electron chi connectivity index (χ0n) is 21.0. The predicted molar refractivity (Wildman–Crippen MR) is 151 cm³/mol. The summed E-state index contributed by atoms with van der Waals surface area (Å²) in [4.78, 5) is 30.2. The Kier molecular flexibility index (Phi) is 9.43. The molecular formula is C26H31Cl2N7O3. The van der Waals surface area contributed by atoms with Crippen LogP contribution < -0.4 is 16.4 Å². The van der Waals surface area contributed by atoms with Gasteiger partial charge in [0.2, 0.25) is 5.82 Å². The number of nitrogens with zero attached hydrogens (tertiary/aromatic N) is 4. The quantitative estimate of drug-likeness (QED) is 0.170. The van der Waals surface area contributed by atoms with Gasteiger partial charge in [0, 0.05) is 59.6 Å². The number of amides is 1. The summed E-state index contributed by atoms with van der Waals surface area (Å²) in [6, 6.07) is 9.98. The Morgan fingerprint density at radius 1 is 1.05 bits per heavy atom.